The zero-order valence-corrected chi connectivity index (χ0v) is 12.1. The topological polar surface area (TPSA) is 88.3 Å². The minimum Gasteiger partial charge on any atom is -0.398 e. The lowest BCUT2D eigenvalue weighted by Gasteiger charge is -2.13. The Kier molecular flexibility index (Phi) is 3.80. The maximum Gasteiger partial charge on any atom is 0.265 e. The molecule has 0 unspecified atom stereocenters. The molecule has 1 heterocycles. The second kappa shape index (κ2) is 5.38. The summed E-state index contributed by atoms with van der Waals surface area (Å²) in [6.07, 6.45) is 0. The van der Waals surface area contributed by atoms with Crippen LogP contribution in [0.3, 0.4) is 0 Å². The second-order valence-corrected chi connectivity index (χ2v) is 6.07. The van der Waals surface area contributed by atoms with Crippen molar-refractivity contribution in [1.82, 2.24) is 4.98 Å². The Labute approximate surface area is 118 Å². The fourth-order valence-corrected chi connectivity index (χ4v) is 2.78. The first-order chi connectivity index (χ1) is 9.40. The van der Waals surface area contributed by atoms with Gasteiger partial charge in [-0.2, -0.15) is 0 Å². The Hall–Kier alpha value is -2.28. The van der Waals surface area contributed by atoms with E-state index in [2.05, 4.69) is 9.71 Å². The molecule has 6 nitrogen and oxygen atoms in total. The van der Waals surface area contributed by atoms with Crippen LogP contribution < -0.4 is 15.4 Å². The Balaban J connectivity index is 2.34. The monoisotopic (exact) mass is 292 g/mol. The minimum absolute atomic E-state index is 0.0389. The minimum atomic E-state index is -3.74. The molecule has 0 aliphatic rings. The average Bonchev–Trinajstić information content (AvgIpc) is 2.38. The summed E-state index contributed by atoms with van der Waals surface area (Å²) in [6.45, 7) is 0. The number of nitrogens with zero attached hydrogens (tertiary/aromatic N) is 2. The summed E-state index contributed by atoms with van der Waals surface area (Å²) in [7, 11) is -0.0842. The summed E-state index contributed by atoms with van der Waals surface area (Å²) in [4.78, 5) is 6.03. The summed E-state index contributed by atoms with van der Waals surface area (Å²) in [5.74, 6) is 0.908. The number of nitrogens with two attached hydrogens (primary N) is 1. The number of aromatic nitrogens is 1. The lowest BCUT2D eigenvalue weighted by molar-refractivity contribution is 0.601. The molecular formula is C13H16N4O2S. The fourth-order valence-electron chi connectivity index (χ4n) is 1.65. The van der Waals surface area contributed by atoms with Crippen molar-refractivity contribution in [2.75, 3.05) is 29.5 Å². The molecule has 0 saturated carbocycles. The van der Waals surface area contributed by atoms with E-state index < -0.39 is 10.0 Å². The zero-order valence-electron chi connectivity index (χ0n) is 11.2. The molecule has 2 rings (SSSR count). The average molecular weight is 292 g/mol. The lowest BCUT2D eigenvalue weighted by Crippen LogP contribution is -2.17. The molecule has 3 N–H and O–H groups in total. The molecule has 0 atom stereocenters. The summed E-state index contributed by atoms with van der Waals surface area (Å²) in [6, 6.07) is 11.4. The number of anilines is 3. The van der Waals surface area contributed by atoms with Crippen molar-refractivity contribution in [2.45, 2.75) is 4.90 Å². The number of para-hydroxylation sites is 1. The maximum absolute atomic E-state index is 12.3. The number of nitrogens with one attached hydrogen (secondary N) is 1. The van der Waals surface area contributed by atoms with Gasteiger partial charge in [0.15, 0.2) is 0 Å². The molecule has 7 heteroatoms. The predicted octanol–water partition coefficient (Wildman–Crippen LogP) is 1.53. The highest BCUT2D eigenvalue weighted by molar-refractivity contribution is 7.92. The largest absolute Gasteiger partial charge is 0.398 e. The van der Waals surface area contributed by atoms with Gasteiger partial charge in [0, 0.05) is 14.1 Å². The summed E-state index contributed by atoms with van der Waals surface area (Å²) < 4.78 is 26.9. The third-order valence-electron chi connectivity index (χ3n) is 2.64. The number of benzene rings is 1. The molecular weight excluding hydrogens is 276 g/mol. The normalized spacial score (nSPS) is 11.1. The van der Waals surface area contributed by atoms with Gasteiger partial charge in [-0.1, -0.05) is 18.2 Å². The van der Waals surface area contributed by atoms with Crippen LogP contribution in [0.1, 0.15) is 0 Å². The number of hydrogen-bond donors (Lipinski definition) is 2. The van der Waals surface area contributed by atoms with E-state index in [4.69, 9.17) is 5.73 Å². The zero-order chi connectivity index (χ0) is 14.8. The summed E-state index contributed by atoms with van der Waals surface area (Å²) in [5.41, 5.74) is 5.89. The van der Waals surface area contributed by atoms with Gasteiger partial charge in [-0.25, -0.2) is 13.4 Å². The third-order valence-corrected chi connectivity index (χ3v) is 4.07. The number of rotatable bonds is 4. The highest BCUT2D eigenvalue weighted by Crippen LogP contribution is 2.21. The third kappa shape index (κ3) is 3.00. The number of hydrogen-bond acceptors (Lipinski definition) is 5. The van der Waals surface area contributed by atoms with Crippen LogP contribution in [0, 0.1) is 0 Å². The van der Waals surface area contributed by atoms with E-state index in [1.807, 2.05) is 14.1 Å². The van der Waals surface area contributed by atoms with Crippen LogP contribution in [0.2, 0.25) is 0 Å². The van der Waals surface area contributed by atoms with Crippen molar-refractivity contribution in [3.63, 3.8) is 0 Å². The molecule has 0 radical (unpaired) electrons. The van der Waals surface area contributed by atoms with Gasteiger partial charge in [0.05, 0.1) is 5.69 Å². The van der Waals surface area contributed by atoms with Crippen LogP contribution in [0.15, 0.2) is 47.4 Å². The molecule has 0 fully saturated rings. The summed E-state index contributed by atoms with van der Waals surface area (Å²) >= 11 is 0. The number of sulfonamides is 1. The van der Waals surface area contributed by atoms with Crippen molar-refractivity contribution in [1.29, 1.82) is 0 Å². The maximum atomic E-state index is 12.3. The predicted molar refractivity (Wildman–Crippen MR) is 80.2 cm³/mol. The van der Waals surface area contributed by atoms with Crippen molar-refractivity contribution in [3.05, 3.63) is 42.5 Å². The van der Waals surface area contributed by atoms with Gasteiger partial charge in [-0.3, -0.25) is 4.72 Å². The van der Waals surface area contributed by atoms with Gasteiger partial charge in [0.1, 0.15) is 16.5 Å². The highest BCUT2D eigenvalue weighted by atomic mass is 32.2. The van der Waals surface area contributed by atoms with Gasteiger partial charge in [-0.15, -0.1) is 0 Å². The number of nitrogen functional groups attached to an aromatic ring is 1. The SMILES string of the molecule is CN(C)c1cccc(NS(=O)(=O)c2ccccc2N)n1. The van der Waals surface area contributed by atoms with Crippen LogP contribution in [-0.2, 0) is 10.0 Å². The van der Waals surface area contributed by atoms with Gasteiger partial charge >= 0.3 is 0 Å². The van der Waals surface area contributed by atoms with Crippen LogP contribution in [-0.4, -0.2) is 27.5 Å². The second-order valence-electron chi connectivity index (χ2n) is 4.42. The van der Waals surface area contributed by atoms with E-state index in [9.17, 15) is 8.42 Å². The van der Waals surface area contributed by atoms with Crippen molar-refractivity contribution in [2.24, 2.45) is 0 Å². The summed E-state index contributed by atoms with van der Waals surface area (Å²) in [5, 5.41) is 0. The van der Waals surface area contributed by atoms with Gasteiger partial charge in [0.2, 0.25) is 0 Å². The van der Waals surface area contributed by atoms with Gasteiger partial charge in [0.25, 0.3) is 10.0 Å². The van der Waals surface area contributed by atoms with Crippen LogP contribution in [0.5, 0.6) is 0 Å². The molecule has 106 valence electrons. The lowest BCUT2D eigenvalue weighted by atomic mass is 10.3. The van der Waals surface area contributed by atoms with Crippen molar-refractivity contribution >= 4 is 27.3 Å². The first kappa shape index (κ1) is 14.1. The molecule has 0 spiro atoms. The van der Waals surface area contributed by atoms with Gasteiger partial charge in [-0.05, 0) is 24.3 Å². The Morgan fingerprint density at radius 2 is 1.80 bits per heavy atom. The first-order valence-corrected chi connectivity index (χ1v) is 7.40. The Morgan fingerprint density at radius 1 is 1.10 bits per heavy atom. The fraction of sp³-hybridized carbons (Fsp3) is 0.154. The molecule has 0 saturated heterocycles. The molecule has 0 amide bonds. The van der Waals surface area contributed by atoms with E-state index in [0.29, 0.717) is 5.82 Å². The molecule has 1 aromatic heterocycles. The van der Waals surface area contributed by atoms with Crippen LogP contribution >= 0.6 is 0 Å². The first-order valence-electron chi connectivity index (χ1n) is 5.92. The Morgan fingerprint density at radius 3 is 2.45 bits per heavy atom. The molecule has 2 aromatic rings. The van der Waals surface area contributed by atoms with E-state index in [1.54, 1.807) is 35.2 Å². The number of pyridine rings is 1. The highest BCUT2D eigenvalue weighted by Gasteiger charge is 2.17. The Bertz CT molecular complexity index is 714. The molecule has 1 aromatic carbocycles. The molecule has 0 aliphatic carbocycles. The standard InChI is InChI=1S/C13H16N4O2S/c1-17(2)13-9-5-8-12(15-13)16-20(18,19)11-7-4-3-6-10(11)14/h3-9H,14H2,1-2H3,(H,15,16). The van der Waals surface area contributed by atoms with E-state index >= 15 is 0 Å². The van der Waals surface area contributed by atoms with Crippen molar-refractivity contribution < 1.29 is 8.42 Å². The van der Waals surface area contributed by atoms with E-state index in [0.717, 1.165) is 0 Å². The van der Waals surface area contributed by atoms with Crippen LogP contribution in [0.4, 0.5) is 17.3 Å². The molecule has 20 heavy (non-hydrogen) atoms. The van der Waals surface area contributed by atoms with E-state index in [1.165, 1.54) is 12.1 Å². The molecule has 0 aliphatic heterocycles. The smallest absolute Gasteiger partial charge is 0.265 e. The quantitative estimate of drug-likeness (QED) is 0.834. The molecule has 0 bridgehead atoms. The van der Waals surface area contributed by atoms with Gasteiger partial charge < -0.3 is 10.6 Å². The van der Waals surface area contributed by atoms with Crippen LogP contribution in [0.25, 0.3) is 0 Å². The van der Waals surface area contributed by atoms with E-state index in [-0.39, 0.29) is 16.4 Å². The van der Waals surface area contributed by atoms with Crippen molar-refractivity contribution in [3.8, 4) is 0 Å².